The monoisotopic (exact) mass is 448 g/mol. The van der Waals surface area contributed by atoms with Gasteiger partial charge >= 0.3 is 18.0 Å². The second kappa shape index (κ2) is 10.2. The molecule has 31 heavy (non-hydrogen) atoms. The lowest BCUT2D eigenvalue weighted by atomic mass is 10.1. The minimum atomic E-state index is -1.16. The topological polar surface area (TPSA) is 126 Å². The molecule has 0 saturated heterocycles. The number of carbonyl (C=O) groups excluding carboxylic acids is 3. The number of esters is 2. The van der Waals surface area contributed by atoms with Gasteiger partial charge in [-0.3, -0.25) is 4.57 Å². The van der Waals surface area contributed by atoms with Gasteiger partial charge in [0.2, 0.25) is 0 Å². The Morgan fingerprint density at radius 2 is 1.94 bits per heavy atom. The third-order valence-electron chi connectivity index (χ3n) is 4.29. The van der Waals surface area contributed by atoms with E-state index in [1.165, 1.54) is 30.4 Å². The number of fused-ring (bicyclic) bond motifs is 1. The second-order valence-electron chi connectivity index (χ2n) is 6.18. The lowest BCUT2D eigenvalue weighted by molar-refractivity contribution is -0.146. The lowest BCUT2D eigenvalue weighted by Gasteiger charge is -2.07. The summed E-state index contributed by atoms with van der Waals surface area (Å²) in [7, 11) is 2.49. The van der Waals surface area contributed by atoms with Crippen LogP contribution < -0.4 is 0 Å². The fourth-order valence-electron chi connectivity index (χ4n) is 2.79. The van der Waals surface area contributed by atoms with Gasteiger partial charge in [-0.15, -0.1) is 11.3 Å². The van der Waals surface area contributed by atoms with Crippen LogP contribution in [0.5, 0.6) is 0 Å². The number of thiazole rings is 1. The molecule has 0 aliphatic rings. The van der Waals surface area contributed by atoms with E-state index >= 15 is 0 Å². The standard InChI is InChI=1S/C20H20N2O8S/c1-27-16(23)10-29-7-8-30-20(26)22-9-13(12-5-3-4-6-15(12)22)17(24)18-21-14(11-31-18)19(25)28-2/h3-6,9,11,17,24H,7-8,10H2,1-2H3. The zero-order valence-electron chi connectivity index (χ0n) is 16.8. The zero-order chi connectivity index (χ0) is 22.4. The van der Waals surface area contributed by atoms with Crippen molar-refractivity contribution in [3.63, 3.8) is 0 Å². The van der Waals surface area contributed by atoms with Crippen molar-refractivity contribution in [1.29, 1.82) is 0 Å². The first-order chi connectivity index (χ1) is 15.0. The van der Waals surface area contributed by atoms with Crippen LogP contribution in [0.4, 0.5) is 4.79 Å². The Balaban J connectivity index is 1.77. The molecule has 1 atom stereocenters. The van der Waals surface area contributed by atoms with Crippen LogP contribution >= 0.6 is 11.3 Å². The smallest absolute Gasteiger partial charge is 0.418 e. The van der Waals surface area contributed by atoms with Gasteiger partial charge in [-0.25, -0.2) is 19.4 Å². The average molecular weight is 448 g/mol. The Labute approximate surface area is 180 Å². The first kappa shape index (κ1) is 22.4. The van der Waals surface area contributed by atoms with Crippen molar-refractivity contribution in [2.75, 3.05) is 34.0 Å². The summed E-state index contributed by atoms with van der Waals surface area (Å²) in [6.07, 6.45) is -0.372. The average Bonchev–Trinajstić information content (AvgIpc) is 3.43. The number of hydrogen-bond acceptors (Lipinski definition) is 10. The third kappa shape index (κ3) is 5.08. The predicted octanol–water partition coefficient (Wildman–Crippen LogP) is 2.14. The molecule has 2 aromatic heterocycles. The molecule has 1 unspecified atom stereocenters. The Hall–Kier alpha value is -3.28. The number of carbonyl (C=O) groups is 3. The van der Waals surface area contributed by atoms with Gasteiger partial charge in [0.25, 0.3) is 0 Å². The number of benzene rings is 1. The number of aliphatic hydroxyl groups excluding tert-OH is 1. The number of rotatable bonds is 8. The maximum atomic E-state index is 12.6. The van der Waals surface area contributed by atoms with Crippen molar-refractivity contribution in [3.05, 3.63) is 52.1 Å². The summed E-state index contributed by atoms with van der Waals surface area (Å²) in [5.74, 6) is -1.13. The van der Waals surface area contributed by atoms with Gasteiger partial charge in [-0.05, 0) is 6.07 Å². The summed E-state index contributed by atoms with van der Waals surface area (Å²) >= 11 is 1.10. The van der Waals surface area contributed by atoms with Crippen molar-refractivity contribution in [3.8, 4) is 0 Å². The fraction of sp³-hybridized carbons (Fsp3) is 0.300. The molecule has 0 amide bonds. The quantitative estimate of drug-likeness (QED) is 0.313. The van der Waals surface area contributed by atoms with E-state index in [0.29, 0.717) is 16.5 Å². The molecule has 0 bridgehead atoms. The van der Waals surface area contributed by atoms with Crippen molar-refractivity contribution >= 4 is 40.3 Å². The molecule has 0 aliphatic heterocycles. The van der Waals surface area contributed by atoms with Crippen LogP contribution in [-0.2, 0) is 23.7 Å². The van der Waals surface area contributed by atoms with Gasteiger partial charge in [0, 0.05) is 22.5 Å². The SMILES string of the molecule is COC(=O)COCCOC(=O)n1cc(C(O)c2nc(C(=O)OC)cs2)c2ccccc21. The van der Waals surface area contributed by atoms with Crippen LogP contribution in [0.15, 0.2) is 35.8 Å². The van der Waals surface area contributed by atoms with Crippen LogP contribution in [0.25, 0.3) is 10.9 Å². The minimum absolute atomic E-state index is 0.0188. The molecule has 0 spiro atoms. The Morgan fingerprint density at radius 1 is 1.16 bits per heavy atom. The number of nitrogens with zero attached hydrogens (tertiary/aromatic N) is 2. The number of para-hydroxylation sites is 1. The predicted molar refractivity (Wildman–Crippen MR) is 109 cm³/mol. The highest BCUT2D eigenvalue weighted by atomic mass is 32.1. The second-order valence-corrected chi connectivity index (χ2v) is 7.07. The summed E-state index contributed by atoms with van der Waals surface area (Å²) in [4.78, 5) is 39.3. The molecule has 0 fully saturated rings. The van der Waals surface area contributed by atoms with Gasteiger partial charge in [0.1, 0.15) is 24.3 Å². The molecule has 1 aromatic carbocycles. The highest BCUT2D eigenvalue weighted by Gasteiger charge is 2.23. The summed E-state index contributed by atoms with van der Waals surface area (Å²) in [5.41, 5.74) is 1.05. The maximum Gasteiger partial charge on any atom is 0.418 e. The van der Waals surface area contributed by atoms with E-state index in [4.69, 9.17) is 9.47 Å². The Bertz CT molecular complexity index is 1090. The van der Waals surface area contributed by atoms with Crippen molar-refractivity contribution in [2.24, 2.45) is 0 Å². The van der Waals surface area contributed by atoms with Crippen molar-refractivity contribution < 1.29 is 38.4 Å². The van der Waals surface area contributed by atoms with Gasteiger partial charge < -0.3 is 24.1 Å². The van der Waals surface area contributed by atoms with E-state index in [1.54, 1.807) is 24.3 Å². The highest BCUT2D eigenvalue weighted by molar-refractivity contribution is 7.09. The number of hydrogen-bond donors (Lipinski definition) is 1. The first-order valence-electron chi connectivity index (χ1n) is 9.09. The molecular weight excluding hydrogens is 428 g/mol. The first-order valence-corrected chi connectivity index (χ1v) is 9.97. The summed E-state index contributed by atoms with van der Waals surface area (Å²) in [6.45, 7) is -0.293. The van der Waals surface area contributed by atoms with Crippen molar-refractivity contribution in [1.82, 2.24) is 9.55 Å². The summed E-state index contributed by atoms with van der Waals surface area (Å²) in [6, 6.07) is 6.99. The van der Waals surface area contributed by atoms with Crippen LogP contribution in [0.3, 0.4) is 0 Å². The fourth-order valence-corrected chi connectivity index (χ4v) is 3.58. The zero-order valence-corrected chi connectivity index (χ0v) is 17.6. The van der Waals surface area contributed by atoms with E-state index in [0.717, 1.165) is 11.3 Å². The molecule has 0 saturated carbocycles. The number of aliphatic hydroxyl groups is 1. The van der Waals surface area contributed by atoms with E-state index < -0.39 is 24.1 Å². The molecular formula is C20H20N2O8S. The largest absolute Gasteiger partial charge is 0.467 e. The highest BCUT2D eigenvalue weighted by Crippen LogP contribution is 2.32. The summed E-state index contributed by atoms with van der Waals surface area (Å²) < 4.78 is 20.6. The normalized spacial score (nSPS) is 11.8. The lowest BCUT2D eigenvalue weighted by Crippen LogP contribution is -2.18. The molecule has 164 valence electrons. The molecule has 0 radical (unpaired) electrons. The van der Waals surface area contributed by atoms with Gasteiger partial charge in [-0.1, -0.05) is 18.2 Å². The van der Waals surface area contributed by atoms with Gasteiger partial charge in [-0.2, -0.15) is 0 Å². The Morgan fingerprint density at radius 3 is 2.68 bits per heavy atom. The number of ether oxygens (including phenoxy) is 4. The molecule has 10 nitrogen and oxygen atoms in total. The van der Waals surface area contributed by atoms with E-state index in [2.05, 4.69) is 14.5 Å². The maximum absolute atomic E-state index is 12.6. The molecule has 1 N–H and O–H groups in total. The van der Waals surface area contributed by atoms with Gasteiger partial charge in [0.15, 0.2) is 5.69 Å². The van der Waals surface area contributed by atoms with Crippen LogP contribution in [0, 0.1) is 0 Å². The van der Waals surface area contributed by atoms with E-state index in [9.17, 15) is 19.5 Å². The number of methoxy groups -OCH3 is 2. The molecule has 0 aliphatic carbocycles. The van der Waals surface area contributed by atoms with Crippen molar-refractivity contribution in [2.45, 2.75) is 6.10 Å². The molecule has 3 aromatic rings. The van der Waals surface area contributed by atoms with Crippen LogP contribution in [0.1, 0.15) is 27.2 Å². The third-order valence-corrected chi connectivity index (χ3v) is 5.18. The minimum Gasteiger partial charge on any atom is -0.467 e. The molecule has 2 heterocycles. The molecule has 3 rings (SSSR count). The summed E-state index contributed by atoms with van der Waals surface area (Å²) in [5, 5.41) is 13.2. The van der Waals surface area contributed by atoms with Crippen LogP contribution in [-0.4, -0.2) is 66.7 Å². The molecule has 11 heteroatoms. The van der Waals surface area contributed by atoms with E-state index in [1.807, 2.05) is 0 Å². The number of aromatic nitrogens is 2. The van der Waals surface area contributed by atoms with Crippen LogP contribution in [0.2, 0.25) is 0 Å². The Kier molecular flexibility index (Phi) is 7.34. The van der Waals surface area contributed by atoms with Gasteiger partial charge in [0.05, 0.1) is 26.3 Å². The van der Waals surface area contributed by atoms with E-state index in [-0.39, 0.29) is 30.5 Å².